The van der Waals surface area contributed by atoms with E-state index in [0.29, 0.717) is 9.94 Å². The minimum atomic E-state index is -0.685. The molecule has 32 heavy (non-hydrogen) atoms. The lowest BCUT2D eigenvalue weighted by atomic mass is 9.78. The molecule has 0 N–H and O–H groups in total. The predicted octanol–water partition coefficient (Wildman–Crippen LogP) is 4.27. The van der Waals surface area contributed by atoms with E-state index in [1.807, 2.05) is 27.7 Å². The van der Waals surface area contributed by atoms with Gasteiger partial charge in [-0.25, -0.2) is 0 Å². The number of rotatable bonds is 5. The van der Waals surface area contributed by atoms with Crippen LogP contribution in [0.1, 0.15) is 27.7 Å². The predicted molar refractivity (Wildman–Crippen MR) is 123 cm³/mol. The van der Waals surface area contributed by atoms with Crippen LogP contribution in [0.2, 0.25) is 0 Å². The highest BCUT2D eigenvalue weighted by Crippen LogP contribution is 2.38. The van der Waals surface area contributed by atoms with Gasteiger partial charge in [-0.3, -0.25) is 20.2 Å². The van der Waals surface area contributed by atoms with Crippen molar-refractivity contribution in [2.75, 3.05) is 14.2 Å². The molecule has 0 atom stereocenters. The van der Waals surface area contributed by atoms with E-state index >= 15 is 0 Å². The summed E-state index contributed by atoms with van der Waals surface area (Å²) in [7, 11) is 2.11. The third kappa shape index (κ3) is 5.20. The van der Waals surface area contributed by atoms with E-state index in [4.69, 9.17) is 18.8 Å². The highest BCUT2D eigenvalue weighted by molar-refractivity contribution is 9.10. The number of nitro benzene ring substituents is 2. The van der Waals surface area contributed by atoms with Crippen molar-refractivity contribution >= 4 is 39.9 Å². The Morgan fingerprint density at radius 2 is 1.28 bits per heavy atom. The van der Waals surface area contributed by atoms with Crippen molar-refractivity contribution in [2.45, 2.75) is 38.9 Å². The van der Waals surface area contributed by atoms with Crippen molar-refractivity contribution < 1.29 is 28.6 Å². The molecule has 1 saturated heterocycles. The monoisotopic (exact) mass is 510 g/mol. The molecule has 0 amide bonds. The van der Waals surface area contributed by atoms with Crippen molar-refractivity contribution in [1.82, 2.24) is 0 Å². The Morgan fingerprint density at radius 3 is 1.69 bits per heavy atom. The number of nitro groups is 2. The van der Waals surface area contributed by atoms with E-state index in [0.717, 1.165) is 0 Å². The summed E-state index contributed by atoms with van der Waals surface area (Å²) in [6.07, 6.45) is 0. The molecule has 0 aliphatic carbocycles. The Labute approximate surface area is 194 Å². The van der Waals surface area contributed by atoms with Crippen molar-refractivity contribution in [3.05, 3.63) is 61.1 Å². The molecule has 172 valence electrons. The Balaban J connectivity index is 0.000000258. The van der Waals surface area contributed by atoms with Gasteiger partial charge in [0.05, 0.1) is 39.7 Å². The van der Waals surface area contributed by atoms with E-state index in [1.54, 1.807) is 24.3 Å². The van der Waals surface area contributed by atoms with Gasteiger partial charge in [0.15, 0.2) is 5.75 Å². The molecule has 0 radical (unpaired) electrons. The van der Waals surface area contributed by atoms with Crippen LogP contribution < -0.4 is 14.9 Å². The number of nitrogens with zero attached hydrogens (tertiary/aromatic N) is 2. The zero-order valence-corrected chi connectivity index (χ0v) is 20.2. The van der Waals surface area contributed by atoms with Crippen LogP contribution in [-0.2, 0) is 9.31 Å². The molecular weight excluding hydrogens is 487 g/mol. The summed E-state index contributed by atoms with van der Waals surface area (Å²) in [4.78, 5) is 20.5. The van der Waals surface area contributed by atoms with Crippen LogP contribution in [0.4, 0.5) is 11.4 Å². The molecule has 2 aromatic rings. The van der Waals surface area contributed by atoms with Gasteiger partial charge in [-0.15, -0.1) is 0 Å². The number of hydrogen-bond donors (Lipinski definition) is 0. The maximum absolute atomic E-state index is 11.0. The third-order valence-electron chi connectivity index (χ3n) is 5.28. The zero-order chi connectivity index (χ0) is 24.3. The number of hydrogen-bond acceptors (Lipinski definition) is 8. The lowest BCUT2D eigenvalue weighted by molar-refractivity contribution is -0.385. The van der Waals surface area contributed by atoms with Gasteiger partial charge in [0.1, 0.15) is 0 Å². The highest BCUT2D eigenvalue weighted by Gasteiger charge is 2.53. The summed E-state index contributed by atoms with van der Waals surface area (Å²) >= 11 is 3.15. The molecule has 1 heterocycles. The normalized spacial score (nSPS) is 16.0. The minimum Gasteiger partial charge on any atom is -0.490 e. The maximum atomic E-state index is 11.0. The first kappa shape index (κ1) is 25.6. The van der Waals surface area contributed by atoms with Gasteiger partial charge in [-0.2, -0.15) is 0 Å². The van der Waals surface area contributed by atoms with Gasteiger partial charge in [0.25, 0.3) is 0 Å². The molecule has 0 aromatic heterocycles. The molecule has 0 unspecified atom stereocenters. The molecule has 1 aliphatic rings. The van der Waals surface area contributed by atoms with Crippen LogP contribution in [0.25, 0.3) is 0 Å². The number of benzene rings is 2. The number of para-hydroxylation sites is 2. The van der Waals surface area contributed by atoms with Crippen molar-refractivity contribution in [2.24, 2.45) is 0 Å². The summed E-state index contributed by atoms with van der Waals surface area (Å²) in [5.41, 5.74) is -0.618. The smallest absolute Gasteiger partial charge is 0.490 e. The molecule has 0 bridgehead atoms. The lowest BCUT2D eigenvalue weighted by Gasteiger charge is -2.32. The number of halogens is 1. The SMILES string of the molecule is COc1c(B2OC(C)(C)C(C)(C)O2)cccc1[N+](=O)[O-].COc1c(Br)cccc1[N+](=O)[O-]. The fourth-order valence-corrected chi connectivity index (χ4v) is 3.42. The minimum absolute atomic E-state index is 0.0353. The second kappa shape index (κ2) is 9.84. The molecule has 3 rings (SSSR count). The van der Waals surface area contributed by atoms with Crippen LogP contribution >= 0.6 is 15.9 Å². The van der Waals surface area contributed by atoms with Gasteiger partial charge < -0.3 is 18.8 Å². The van der Waals surface area contributed by atoms with E-state index in [9.17, 15) is 20.2 Å². The van der Waals surface area contributed by atoms with Gasteiger partial charge in [0.2, 0.25) is 5.75 Å². The number of methoxy groups -OCH3 is 2. The summed E-state index contributed by atoms with van der Waals surface area (Å²) in [6.45, 7) is 7.71. The maximum Gasteiger partial charge on any atom is 0.498 e. The van der Waals surface area contributed by atoms with E-state index in [2.05, 4.69) is 15.9 Å². The van der Waals surface area contributed by atoms with Gasteiger partial charge in [-0.05, 0) is 49.7 Å². The van der Waals surface area contributed by atoms with E-state index in [1.165, 1.54) is 26.4 Å². The van der Waals surface area contributed by atoms with Gasteiger partial charge in [-0.1, -0.05) is 18.2 Å². The first-order chi connectivity index (χ1) is 14.9. The van der Waals surface area contributed by atoms with E-state index in [-0.39, 0.29) is 22.9 Å². The molecular formula is C20H24BBrN2O8. The van der Waals surface area contributed by atoms with Crippen LogP contribution in [0.15, 0.2) is 40.9 Å². The molecule has 1 aliphatic heterocycles. The fraction of sp³-hybridized carbons (Fsp3) is 0.400. The van der Waals surface area contributed by atoms with Crippen LogP contribution in [0.5, 0.6) is 11.5 Å². The van der Waals surface area contributed by atoms with Crippen LogP contribution in [0, 0.1) is 20.2 Å². The van der Waals surface area contributed by atoms with Crippen molar-refractivity contribution in [1.29, 1.82) is 0 Å². The molecule has 10 nitrogen and oxygen atoms in total. The second-order valence-corrected chi connectivity index (χ2v) is 8.65. The average molecular weight is 511 g/mol. The standard InChI is InChI=1S/C13H18BNO5.C7H6BrNO3/c1-12(2)13(3,4)20-14(19-12)9-7-6-8-10(15(16)17)11(9)18-5;1-12-7-5(8)3-2-4-6(7)9(10)11/h6-8H,1-5H3;2-4H,1H3. The summed E-state index contributed by atoms with van der Waals surface area (Å²) in [5.74, 6) is 0.429. The second-order valence-electron chi connectivity index (χ2n) is 7.79. The Hall–Kier alpha value is -2.70. The zero-order valence-electron chi connectivity index (χ0n) is 18.6. The van der Waals surface area contributed by atoms with Crippen LogP contribution in [-0.4, -0.2) is 42.4 Å². The number of ether oxygens (including phenoxy) is 2. The lowest BCUT2D eigenvalue weighted by Crippen LogP contribution is -2.41. The molecule has 0 saturated carbocycles. The van der Waals surface area contributed by atoms with Crippen molar-refractivity contribution in [3.8, 4) is 11.5 Å². The molecule has 0 spiro atoms. The quantitative estimate of drug-likeness (QED) is 0.332. The Morgan fingerprint density at radius 1 is 0.844 bits per heavy atom. The molecule has 1 fully saturated rings. The first-order valence-electron chi connectivity index (χ1n) is 9.50. The molecule has 2 aromatic carbocycles. The topological polar surface area (TPSA) is 123 Å². The molecule has 12 heteroatoms. The first-order valence-corrected chi connectivity index (χ1v) is 10.3. The van der Waals surface area contributed by atoms with Crippen molar-refractivity contribution in [3.63, 3.8) is 0 Å². The summed E-state index contributed by atoms with van der Waals surface area (Å²) in [6, 6.07) is 9.38. The largest absolute Gasteiger partial charge is 0.498 e. The van der Waals surface area contributed by atoms with E-state index < -0.39 is 28.2 Å². The average Bonchev–Trinajstić information content (AvgIpc) is 2.94. The van der Waals surface area contributed by atoms with Gasteiger partial charge in [0, 0.05) is 17.6 Å². The third-order valence-corrected chi connectivity index (χ3v) is 5.90. The highest BCUT2D eigenvalue weighted by atomic mass is 79.9. The Bertz CT molecular complexity index is 999. The summed E-state index contributed by atoms with van der Waals surface area (Å²) in [5, 5.41) is 21.5. The Kier molecular flexibility index (Phi) is 7.86. The summed E-state index contributed by atoms with van der Waals surface area (Å²) < 4.78 is 22.4. The van der Waals surface area contributed by atoms with Gasteiger partial charge >= 0.3 is 18.5 Å². The fourth-order valence-electron chi connectivity index (χ4n) is 2.91. The van der Waals surface area contributed by atoms with Crippen LogP contribution in [0.3, 0.4) is 0 Å².